The van der Waals surface area contributed by atoms with E-state index in [9.17, 15) is 13.2 Å². The molecule has 2 heterocycles. The molecule has 1 amide bonds. The second-order valence-electron chi connectivity index (χ2n) is 6.65. The Hall–Kier alpha value is -2.04. The molecular formula is C18H20N2O6S. The van der Waals surface area contributed by atoms with Crippen LogP contribution in [-0.2, 0) is 29.0 Å². The number of primary amides is 1. The zero-order valence-electron chi connectivity index (χ0n) is 14.4. The van der Waals surface area contributed by atoms with Gasteiger partial charge in [0.2, 0.25) is 15.9 Å². The van der Waals surface area contributed by atoms with Gasteiger partial charge in [-0.2, -0.15) is 0 Å². The molecule has 2 aromatic carbocycles. The van der Waals surface area contributed by atoms with E-state index in [0.29, 0.717) is 0 Å². The number of hydrogen-bond donors (Lipinski definition) is 2. The van der Waals surface area contributed by atoms with Crippen LogP contribution in [0.1, 0.15) is 0 Å². The SMILES string of the molecule is NC(=O)COC1COC2C(NS(=O)(=O)c3ccc4ccccc4c3)COC12. The molecule has 0 spiro atoms. The van der Waals surface area contributed by atoms with Gasteiger partial charge in [-0.05, 0) is 22.9 Å². The van der Waals surface area contributed by atoms with Gasteiger partial charge in [0.15, 0.2) is 0 Å². The summed E-state index contributed by atoms with van der Waals surface area (Å²) >= 11 is 0. The number of rotatable bonds is 6. The van der Waals surface area contributed by atoms with Gasteiger partial charge in [0.25, 0.3) is 0 Å². The number of fused-ring (bicyclic) bond motifs is 2. The molecule has 0 bridgehead atoms. The molecule has 4 rings (SSSR count). The van der Waals surface area contributed by atoms with E-state index in [4.69, 9.17) is 19.9 Å². The Morgan fingerprint density at radius 1 is 1.11 bits per heavy atom. The molecule has 2 fully saturated rings. The molecule has 0 aromatic heterocycles. The highest BCUT2D eigenvalue weighted by Gasteiger charge is 2.49. The van der Waals surface area contributed by atoms with Crippen molar-refractivity contribution < 1.29 is 27.4 Å². The third kappa shape index (κ3) is 3.69. The summed E-state index contributed by atoms with van der Waals surface area (Å²) in [6, 6.07) is 12.0. The third-order valence-electron chi connectivity index (χ3n) is 4.79. The lowest BCUT2D eigenvalue weighted by Gasteiger charge is -2.18. The Balaban J connectivity index is 1.47. The van der Waals surface area contributed by atoms with Gasteiger partial charge in [-0.15, -0.1) is 0 Å². The molecule has 8 nitrogen and oxygen atoms in total. The minimum absolute atomic E-state index is 0.165. The highest BCUT2D eigenvalue weighted by atomic mass is 32.2. The molecule has 4 unspecified atom stereocenters. The summed E-state index contributed by atoms with van der Waals surface area (Å²) in [5.74, 6) is -0.579. The number of ether oxygens (including phenoxy) is 3. The van der Waals surface area contributed by atoms with Crippen LogP contribution in [0.25, 0.3) is 10.8 Å². The van der Waals surface area contributed by atoms with E-state index < -0.39 is 40.3 Å². The van der Waals surface area contributed by atoms with Crippen LogP contribution in [0.5, 0.6) is 0 Å². The zero-order valence-corrected chi connectivity index (χ0v) is 15.2. The van der Waals surface area contributed by atoms with Crippen molar-refractivity contribution in [1.29, 1.82) is 0 Å². The van der Waals surface area contributed by atoms with E-state index in [-0.39, 0.29) is 24.7 Å². The standard InChI is InChI=1S/C18H20N2O6S/c19-16(21)10-24-15-9-26-17-14(8-25-18(15)17)20-27(22,23)13-6-5-11-3-1-2-4-12(11)7-13/h1-7,14-15,17-18,20H,8-10H2,(H2,19,21). The van der Waals surface area contributed by atoms with Crippen molar-refractivity contribution in [2.24, 2.45) is 5.73 Å². The lowest BCUT2D eigenvalue weighted by atomic mass is 10.1. The van der Waals surface area contributed by atoms with Gasteiger partial charge in [-0.3, -0.25) is 4.79 Å². The largest absolute Gasteiger partial charge is 0.371 e. The highest BCUT2D eigenvalue weighted by Crippen LogP contribution is 2.30. The number of carbonyl (C=O) groups excluding carboxylic acids is 1. The Morgan fingerprint density at radius 3 is 2.63 bits per heavy atom. The van der Waals surface area contributed by atoms with Gasteiger partial charge >= 0.3 is 0 Å². The molecule has 0 aliphatic carbocycles. The molecule has 3 N–H and O–H groups in total. The van der Waals surface area contributed by atoms with Crippen molar-refractivity contribution in [2.75, 3.05) is 19.8 Å². The van der Waals surface area contributed by atoms with Crippen LogP contribution in [0, 0.1) is 0 Å². The molecule has 27 heavy (non-hydrogen) atoms. The Kier molecular flexibility index (Phi) is 4.87. The first-order chi connectivity index (χ1) is 12.9. The predicted molar refractivity (Wildman–Crippen MR) is 96.5 cm³/mol. The molecule has 2 aromatic rings. The average molecular weight is 392 g/mol. The number of benzene rings is 2. The van der Waals surface area contributed by atoms with Crippen molar-refractivity contribution in [2.45, 2.75) is 29.2 Å². The fourth-order valence-corrected chi connectivity index (χ4v) is 4.77. The number of carbonyl (C=O) groups is 1. The smallest absolute Gasteiger partial charge is 0.243 e. The summed E-state index contributed by atoms with van der Waals surface area (Å²) in [5.41, 5.74) is 5.08. The molecule has 2 aliphatic heterocycles. The van der Waals surface area contributed by atoms with E-state index in [1.165, 1.54) is 0 Å². The summed E-state index contributed by atoms with van der Waals surface area (Å²) in [4.78, 5) is 11.1. The van der Waals surface area contributed by atoms with Crippen molar-refractivity contribution in [3.05, 3.63) is 42.5 Å². The monoisotopic (exact) mass is 392 g/mol. The Morgan fingerprint density at radius 2 is 1.85 bits per heavy atom. The number of sulfonamides is 1. The van der Waals surface area contributed by atoms with Gasteiger partial charge in [0.1, 0.15) is 24.9 Å². The molecule has 4 atom stereocenters. The fourth-order valence-electron chi connectivity index (χ4n) is 3.50. The fraction of sp³-hybridized carbons (Fsp3) is 0.389. The number of hydrogen-bond acceptors (Lipinski definition) is 6. The molecule has 2 saturated heterocycles. The van der Waals surface area contributed by atoms with Crippen molar-refractivity contribution in [3.63, 3.8) is 0 Å². The van der Waals surface area contributed by atoms with Crippen LogP contribution in [0.15, 0.2) is 47.4 Å². The Labute approximate surface area is 156 Å². The van der Waals surface area contributed by atoms with Crippen molar-refractivity contribution in [1.82, 2.24) is 4.72 Å². The van der Waals surface area contributed by atoms with Crippen LogP contribution in [0.4, 0.5) is 0 Å². The molecule has 0 radical (unpaired) electrons. The molecule has 9 heteroatoms. The molecule has 0 saturated carbocycles. The van der Waals surface area contributed by atoms with Gasteiger partial charge in [0.05, 0.1) is 24.2 Å². The summed E-state index contributed by atoms with van der Waals surface area (Å²) in [7, 11) is -3.74. The second-order valence-corrected chi connectivity index (χ2v) is 8.36. The van der Waals surface area contributed by atoms with Crippen LogP contribution in [0.2, 0.25) is 0 Å². The first-order valence-corrected chi connectivity index (χ1v) is 10.1. The first kappa shape index (κ1) is 18.3. The third-order valence-corrected chi connectivity index (χ3v) is 6.27. The van der Waals surface area contributed by atoms with E-state index in [0.717, 1.165) is 10.8 Å². The zero-order chi connectivity index (χ0) is 19.0. The Bertz CT molecular complexity index is 963. The van der Waals surface area contributed by atoms with Crippen LogP contribution >= 0.6 is 0 Å². The quantitative estimate of drug-likeness (QED) is 0.723. The van der Waals surface area contributed by atoms with Gasteiger partial charge in [-0.1, -0.05) is 30.3 Å². The molecule has 2 aliphatic rings. The van der Waals surface area contributed by atoms with Crippen LogP contribution in [0.3, 0.4) is 0 Å². The van der Waals surface area contributed by atoms with Gasteiger partial charge in [0, 0.05) is 0 Å². The number of nitrogens with one attached hydrogen (secondary N) is 1. The maximum Gasteiger partial charge on any atom is 0.243 e. The molecule has 144 valence electrons. The topological polar surface area (TPSA) is 117 Å². The summed E-state index contributed by atoms with van der Waals surface area (Å²) in [6.45, 7) is 0.156. The lowest BCUT2D eigenvalue weighted by molar-refractivity contribution is -0.126. The molecular weight excluding hydrogens is 372 g/mol. The average Bonchev–Trinajstić information content (AvgIpc) is 3.22. The lowest BCUT2D eigenvalue weighted by Crippen LogP contribution is -2.44. The van der Waals surface area contributed by atoms with E-state index >= 15 is 0 Å². The number of amides is 1. The maximum atomic E-state index is 12.8. The van der Waals surface area contributed by atoms with Crippen molar-refractivity contribution in [3.8, 4) is 0 Å². The normalized spacial score (nSPS) is 27.7. The van der Waals surface area contributed by atoms with Gasteiger partial charge < -0.3 is 19.9 Å². The predicted octanol–water partition coefficient (Wildman–Crippen LogP) is 0.155. The van der Waals surface area contributed by atoms with Crippen LogP contribution in [-0.4, -0.2) is 58.5 Å². The summed E-state index contributed by atoms with van der Waals surface area (Å²) < 4.78 is 45.0. The van der Waals surface area contributed by atoms with Crippen molar-refractivity contribution >= 4 is 26.7 Å². The summed E-state index contributed by atoms with van der Waals surface area (Å²) in [5, 5.41) is 1.81. The van der Waals surface area contributed by atoms with Crippen LogP contribution < -0.4 is 10.5 Å². The summed E-state index contributed by atoms with van der Waals surface area (Å²) in [6.07, 6.45) is -1.36. The first-order valence-electron chi connectivity index (χ1n) is 8.58. The highest BCUT2D eigenvalue weighted by molar-refractivity contribution is 7.89. The van der Waals surface area contributed by atoms with E-state index in [1.54, 1.807) is 18.2 Å². The van der Waals surface area contributed by atoms with Gasteiger partial charge in [-0.25, -0.2) is 13.1 Å². The van der Waals surface area contributed by atoms with E-state index in [2.05, 4.69) is 4.72 Å². The maximum absolute atomic E-state index is 12.8. The minimum Gasteiger partial charge on any atom is -0.371 e. The number of nitrogens with two attached hydrogens (primary N) is 1. The minimum atomic E-state index is -3.74. The second kappa shape index (κ2) is 7.17. The van der Waals surface area contributed by atoms with E-state index in [1.807, 2.05) is 24.3 Å².